The third-order valence-electron chi connectivity index (χ3n) is 12.4. The molecule has 5 heteroatoms. The lowest BCUT2D eigenvalue weighted by atomic mass is 9.44. The van der Waals surface area contributed by atoms with Crippen molar-refractivity contribution in [1.29, 1.82) is 0 Å². The van der Waals surface area contributed by atoms with Gasteiger partial charge in [-0.25, -0.2) is 4.83 Å². The minimum Gasteiger partial charge on any atom is -0.200 e. The minimum atomic E-state index is -3.62. The maximum Gasteiger partial charge on any atom is 0.276 e. The van der Waals surface area contributed by atoms with Crippen molar-refractivity contribution in [2.75, 3.05) is 0 Å². The monoisotopic (exact) mass is 554 g/mol. The Bertz CT molecular complexity index is 1140. The Morgan fingerprint density at radius 2 is 1.64 bits per heavy atom. The van der Waals surface area contributed by atoms with Gasteiger partial charge in [-0.15, -0.1) is 0 Å². The number of nitrogens with one attached hydrogen (secondary N) is 1. The summed E-state index contributed by atoms with van der Waals surface area (Å²) in [6.07, 6.45) is 15.6. The van der Waals surface area contributed by atoms with Crippen LogP contribution in [0.25, 0.3) is 0 Å². The van der Waals surface area contributed by atoms with Crippen LogP contribution in [0.15, 0.2) is 34.3 Å². The number of benzene rings is 1. The summed E-state index contributed by atoms with van der Waals surface area (Å²) in [5, 5.41) is 4.49. The van der Waals surface area contributed by atoms with Crippen LogP contribution in [0.1, 0.15) is 117 Å². The average molecular weight is 555 g/mol. The smallest absolute Gasteiger partial charge is 0.200 e. The zero-order valence-electron chi connectivity index (χ0n) is 25.5. The van der Waals surface area contributed by atoms with Crippen molar-refractivity contribution in [2.24, 2.45) is 57.4 Å². The molecule has 0 heterocycles. The molecule has 0 spiro atoms. The SMILES string of the molecule is Cc1ccc(S(=O)(=O)N/N=C2\CC[C@@]3(C)[C@H](CC[C@@H]4[C@@H]3CC[C@]3(C)[C@@H]([C@H](C)CCCC(C)C)CC[C@@H]43)C2)cc1. The molecular weight excluding hydrogens is 500 g/mol. The van der Waals surface area contributed by atoms with E-state index in [0.29, 0.717) is 16.7 Å². The lowest BCUT2D eigenvalue weighted by molar-refractivity contribution is -0.105. The number of fused-ring (bicyclic) bond motifs is 5. The molecule has 0 aromatic heterocycles. The third kappa shape index (κ3) is 5.60. The largest absolute Gasteiger partial charge is 0.276 e. The zero-order valence-corrected chi connectivity index (χ0v) is 26.3. The topological polar surface area (TPSA) is 58.5 Å². The van der Waals surface area contributed by atoms with Crippen LogP contribution in [0, 0.1) is 59.2 Å². The maximum atomic E-state index is 12.8. The molecule has 0 saturated heterocycles. The van der Waals surface area contributed by atoms with E-state index in [1.54, 1.807) is 12.1 Å². The van der Waals surface area contributed by atoms with Gasteiger partial charge in [-0.3, -0.25) is 0 Å². The van der Waals surface area contributed by atoms with Crippen LogP contribution < -0.4 is 4.83 Å². The van der Waals surface area contributed by atoms with Gasteiger partial charge in [0.2, 0.25) is 0 Å². The Morgan fingerprint density at radius 3 is 2.36 bits per heavy atom. The van der Waals surface area contributed by atoms with Crippen molar-refractivity contribution in [3.8, 4) is 0 Å². The maximum absolute atomic E-state index is 12.8. The predicted octanol–water partition coefficient (Wildman–Crippen LogP) is 8.75. The normalized spacial score (nSPS) is 38.2. The summed E-state index contributed by atoms with van der Waals surface area (Å²) in [6, 6.07) is 6.99. The van der Waals surface area contributed by atoms with Crippen molar-refractivity contribution in [1.82, 2.24) is 4.83 Å². The number of nitrogens with zero attached hydrogens (tertiary/aromatic N) is 1. The van der Waals surface area contributed by atoms with Gasteiger partial charge in [0, 0.05) is 5.71 Å². The van der Waals surface area contributed by atoms with Gasteiger partial charge in [0.25, 0.3) is 10.0 Å². The highest BCUT2D eigenvalue weighted by Crippen LogP contribution is 2.68. The summed E-state index contributed by atoms with van der Waals surface area (Å²) < 4.78 is 25.6. The fourth-order valence-electron chi connectivity index (χ4n) is 10.1. The zero-order chi connectivity index (χ0) is 28.0. The van der Waals surface area contributed by atoms with E-state index in [1.165, 1.54) is 57.8 Å². The highest BCUT2D eigenvalue weighted by molar-refractivity contribution is 7.89. The van der Waals surface area contributed by atoms with Gasteiger partial charge in [0.15, 0.2) is 0 Å². The Balaban J connectivity index is 1.23. The van der Waals surface area contributed by atoms with E-state index in [2.05, 4.69) is 44.6 Å². The molecule has 4 aliphatic carbocycles. The van der Waals surface area contributed by atoms with E-state index in [0.717, 1.165) is 66.0 Å². The van der Waals surface area contributed by atoms with Crippen LogP contribution in [0.2, 0.25) is 0 Å². The fraction of sp³-hybridized carbons (Fsp3) is 0.794. The first-order valence-corrected chi connectivity index (χ1v) is 17.6. The Kier molecular flexibility index (Phi) is 8.32. The molecule has 4 nitrogen and oxygen atoms in total. The molecule has 4 fully saturated rings. The number of hydrogen-bond acceptors (Lipinski definition) is 3. The Labute approximate surface area is 239 Å². The lowest BCUT2D eigenvalue weighted by Gasteiger charge is -2.61. The van der Waals surface area contributed by atoms with Crippen LogP contribution in [0.3, 0.4) is 0 Å². The van der Waals surface area contributed by atoms with Crippen LogP contribution in [-0.4, -0.2) is 14.1 Å². The molecule has 39 heavy (non-hydrogen) atoms. The first-order valence-electron chi connectivity index (χ1n) is 16.1. The molecule has 8 atom stereocenters. The number of hydrogen-bond donors (Lipinski definition) is 1. The van der Waals surface area contributed by atoms with Gasteiger partial charge < -0.3 is 0 Å². The molecule has 0 unspecified atom stereocenters. The molecule has 4 aliphatic rings. The highest BCUT2D eigenvalue weighted by Gasteiger charge is 2.60. The molecule has 1 N–H and O–H groups in total. The number of aryl methyl sites for hydroxylation is 1. The summed E-state index contributed by atoms with van der Waals surface area (Å²) in [5.41, 5.74) is 3.01. The fourth-order valence-corrected chi connectivity index (χ4v) is 10.9. The van der Waals surface area contributed by atoms with E-state index >= 15 is 0 Å². The third-order valence-corrected chi connectivity index (χ3v) is 13.6. The summed E-state index contributed by atoms with van der Waals surface area (Å²) in [7, 11) is -3.62. The molecule has 218 valence electrons. The molecule has 0 aliphatic heterocycles. The first-order chi connectivity index (χ1) is 18.4. The van der Waals surface area contributed by atoms with E-state index in [-0.39, 0.29) is 4.90 Å². The van der Waals surface area contributed by atoms with Crippen LogP contribution in [0.5, 0.6) is 0 Å². The summed E-state index contributed by atoms with van der Waals surface area (Å²) in [6.45, 7) is 14.5. The molecule has 1 aromatic rings. The number of rotatable bonds is 8. The van der Waals surface area contributed by atoms with Crippen molar-refractivity contribution in [3.63, 3.8) is 0 Å². The first kappa shape index (κ1) is 29.1. The molecule has 5 rings (SSSR count). The summed E-state index contributed by atoms with van der Waals surface area (Å²) >= 11 is 0. The van der Waals surface area contributed by atoms with Crippen molar-refractivity contribution < 1.29 is 8.42 Å². The van der Waals surface area contributed by atoms with Crippen molar-refractivity contribution in [3.05, 3.63) is 29.8 Å². The van der Waals surface area contributed by atoms with Gasteiger partial charge in [-0.05, 0) is 129 Å². The van der Waals surface area contributed by atoms with Gasteiger partial charge in [-0.2, -0.15) is 13.5 Å². The highest BCUT2D eigenvalue weighted by atomic mass is 32.2. The Hall–Kier alpha value is -1.36. The molecule has 4 saturated carbocycles. The standard InChI is InChI=1S/C34H54N2O2S/c1-23(2)8-7-9-25(4)30-16-17-31-29-15-12-26-22-27(18-20-33(26,5)32(29)19-21-34(30,31)6)35-36-39(37,38)28-13-10-24(3)11-14-28/h10-11,13-14,23,25-26,29-32,36H,7-9,12,15-22H2,1-6H3/b35-27+/t25-,26-,29+,30-,31+,32+,33+,34-/m1/s1. The Morgan fingerprint density at radius 1 is 0.923 bits per heavy atom. The van der Waals surface area contributed by atoms with E-state index in [1.807, 2.05) is 19.1 Å². The quantitative estimate of drug-likeness (QED) is 0.327. The lowest BCUT2D eigenvalue weighted by Crippen LogP contribution is -2.53. The van der Waals surface area contributed by atoms with Gasteiger partial charge in [0.1, 0.15) is 0 Å². The minimum absolute atomic E-state index is 0.285. The van der Waals surface area contributed by atoms with E-state index < -0.39 is 10.0 Å². The van der Waals surface area contributed by atoms with E-state index in [9.17, 15) is 8.42 Å². The van der Waals surface area contributed by atoms with Gasteiger partial charge in [-0.1, -0.05) is 71.6 Å². The molecule has 1 aromatic carbocycles. The molecular formula is C34H54N2O2S. The van der Waals surface area contributed by atoms with Crippen LogP contribution in [0.4, 0.5) is 0 Å². The molecule has 0 bridgehead atoms. The second kappa shape index (κ2) is 11.1. The summed E-state index contributed by atoms with van der Waals surface area (Å²) in [4.78, 5) is 2.85. The molecule has 0 radical (unpaired) electrons. The van der Waals surface area contributed by atoms with E-state index in [4.69, 9.17) is 0 Å². The summed E-state index contributed by atoms with van der Waals surface area (Å²) in [5.74, 6) is 5.85. The second-order valence-corrected chi connectivity index (χ2v) is 16.6. The predicted molar refractivity (Wildman–Crippen MR) is 162 cm³/mol. The van der Waals surface area contributed by atoms with Crippen LogP contribution >= 0.6 is 0 Å². The van der Waals surface area contributed by atoms with Gasteiger partial charge in [0.05, 0.1) is 4.90 Å². The van der Waals surface area contributed by atoms with Crippen molar-refractivity contribution >= 4 is 15.7 Å². The number of hydrazone groups is 1. The average Bonchev–Trinajstić information content (AvgIpc) is 3.25. The van der Waals surface area contributed by atoms with Crippen LogP contribution in [-0.2, 0) is 10.0 Å². The van der Waals surface area contributed by atoms with Crippen molar-refractivity contribution in [2.45, 2.75) is 123 Å². The molecule has 0 amide bonds. The second-order valence-electron chi connectivity index (χ2n) is 15.0. The van der Waals surface area contributed by atoms with Gasteiger partial charge >= 0.3 is 0 Å². The number of sulfonamides is 1.